The molecule has 0 fully saturated rings. The lowest BCUT2D eigenvalue weighted by Gasteiger charge is -2.02. The van der Waals surface area contributed by atoms with Crippen molar-refractivity contribution >= 4 is 61.0 Å². The third-order valence-corrected chi connectivity index (χ3v) is 7.31. The van der Waals surface area contributed by atoms with E-state index in [2.05, 4.69) is 14.9 Å². The lowest BCUT2D eigenvalue weighted by Crippen LogP contribution is -2.11. The van der Waals surface area contributed by atoms with Crippen LogP contribution in [0.5, 0.6) is 0 Å². The molecule has 0 saturated carbocycles. The molecule has 3 aromatic rings. The van der Waals surface area contributed by atoms with Crippen LogP contribution in [0.3, 0.4) is 0 Å². The highest BCUT2D eigenvalue weighted by atomic mass is 35.5. The van der Waals surface area contributed by atoms with E-state index in [0.29, 0.717) is 0 Å². The molecule has 0 atom stereocenters. The first-order chi connectivity index (χ1) is 10.9. The Morgan fingerprint density at radius 2 is 1.91 bits per heavy atom. The van der Waals surface area contributed by atoms with Gasteiger partial charge >= 0.3 is 0 Å². The van der Waals surface area contributed by atoms with Gasteiger partial charge in [0, 0.05) is 0 Å². The summed E-state index contributed by atoms with van der Waals surface area (Å²) in [6.45, 7) is 0. The Morgan fingerprint density at radius 1 is 1.13 bits per heavy atom. The van der Waals surface area contributed by atoms with Gasteiger partial charge in [0.15, 0.2) is 9.22 Å². The number of benzene rings is 1. The van der Waals surface area contributed by atoms with Crippen molar-refractivity contribution in [2.45, 2.75) is 4.21 Å². The first-order valence-electron chi connectivity index (χ1n) is 5.92. The number of sulfonamides is 1. The Hall–Kier alpha value is -1.26. The Kier molecular flexibility index (Phi) is 4.56. The second-order valence-electron chi connectivity index (χ2n) is 4.17. The van der Waals surface area contributed by atoms with Gasteiger partial charge in [-0.25, -0.2) is 12.8 Å². The fraction of sp³-hybridized carbons (Fsp3) is 0. The fourth-order valence-electron chi connectivity index (χ4n) is 1.70. The van der Waals surface area contributed by atoms with E-state index < -0.39 is 15.8 Å². The van der Waals surface area contributed by atoms with Crippen molar-refractivity contribution in [3.05, 3.63) is 45.5 Å². The zero-order valence-corrected chi connectivity index (χ0v) is 14.9. The zero-order chi connectivity index (χ0) is 16.6. The average Bonchev–Trinajstić information content (AvgIpc) is 3.08. The van der Waals surface area contributed by atoms with Gasteiger partial charge in [0.2, 0.25) is 5.13 Å². The SMILES string of the molecule is O=S(=O)(Nc1nnc(-c2c(F)cccc2Cl)s1)c1sccc1Cl. The van der Waals surface area contributed by atoms with Crippen LogP contribution in [0.15, 0.2) is 33.9 Å². The lowest BCUT2D eigenvalue weighted by atomic mass is 10.2. The second kappa shape index (κ2) is 6.33. The zero-order valence-electron chi connectivity index (χ0n) is 11.0. The molecule has 0 amide bonds. The molecule has 1 aromatic carbocycles. The summed E-state index contributed by atoms with van der Waals surface area (Å²) in [4.78, 5) is 0. The van der Waals surface area contributed by atoms with Crippen LogP contribution in [0.1, 0.15) is 0 Å². The predicted octanol–water partition coefficient (Wildman–Crippen LogP) is 4.51. The van der Waals surface area contributed by atoms with E-state index in [0.717, 1.165) is 22.7 Å². The maximum Gasteiger partial charge on any atom is 0.274 e. The number of anilines is 1. The molecule has 0 saturated heterocycles. The van der Waals surface area contributed by atoms with Gasteiger partial charge in [-0.15, -0.1) is 21.5 Å². The fourth-order valence-corrected chi connectivity index (χ4v) is 5.73. The Morgan fingerprint density at radius 3 is 2.57 bits per heavy atom. The number of nitrogens with one attached hydrogen (secondary N) is 1. The first kappa shape index (κ1) is 16.6. The molecule has 120 valence electrons. The van der Waals surface area contributed by atoms with Gasteiger partial charge < -0.3 is 0 Å². The largest absolute Gasteiger partial charge is 0.274 e. The van der Waals surface area contributed by atoms with Crippen molar-refractivity contribution in [3.63, 3.8) is 0 Å². The van der Waals surface area contributed by atoms with Crippen LogP contribution in [-0.2, 0) is 10.0 Å². The molecule has 0 aliphatic heterocycles. The van der Waals surface area contributed by atoms with Gasteiger partial charge in [0.05, 0.1) is 15.6 Å². The first-order valence-corrected chi connectivity index (χ1v) is 9.86. The quantitative estimate of drug-likeness (QED) is 0.687. The standard InChI is InChI=1S/C12H6Cl2FN3O2S3/c13-6-2-1-3-8(15)9(6)10-16-17-12(22-10)18-23(19,20)11-7(14)4-5-21-11/h1-5H,(H,17,18). The molecule has 0 aliphatic rings. The lowest BCUT2D eigenvalue weighted by molar-refractivity contribution is 0.603. The van der Waals surface area contributed by atoms with E-state index in [1.54, 1.807) is 5.38 Å². The number of thiophene rings is 1. The van der Waals surface area contributed by atoms with Gasteiger partial charge in [-0.2, -0.15) is 0 Å². The summed E-state index contributed by atoms with van der Waals surface area (Å²) < 4.78 is 40.5. The summed E-state index contributed by atoms with van der Waals surface area (Å²) in [6, 6.07) is 5.69. The minimum Gasteiger partial charge on any atom is -0.252 e. The van der Waals surface area contributed by atoms with Crippen molar-refractivity contribution in [1.82, 2.24) is 10.2 Å². The third kappa shape index (κ3) is 3.33. The number of hydrogen-bond acceptors (Lipinski definition) is 6. The van der Waals surface area contributed by atoms with Crippen LogP contribution in [-0.4, -0.2) is 18.6 Å². The number of nitrogens with zero attached hydrogens (tertiary/aromatic N) is 2. The summed E-state index contributed by atoms with van der Waals surface area (Å²) >= 11 is 13.6. The van der Waals surface area contributed by atoms with Crippen LogP contribution in [0.4, 0.5) is 9.52 Å². The maximum atomic E-state index is 13.9. The number of aromatic nitrogens is 2. The van der Waals surface area contributed by atoms with E-state index in [9.17, 15) is 12.8 Å². The molecule has 0 unspecified atom stereocenters. The van der Waals surface area contributed by atoms with E-state index >= 15 is 0 Å². The molecule has 5 nitrogen and oxygen atoms in total. The molecular formula is C12H6Cl2FN3O2S3. The highest BCUT2D eigenvalue weighted by Gasteiger charge is 2.22. The van der Waals surface area contributed by atoms with E-state index in [1.807, 2.05) is 0 Å². The minimum absolute atomic E-state index is 0.0104. The van der Waals surface area contributed by atoms with Crippen LogP contribution in [0.25, 0.3) is 10.6 Å². The number of rotatable bonds is 4. The molecule has 3 rings (SSSR count). The number of hydrogen-bond donors (Lipinski definition) is 1. The minimum atomic E-state index is -3.87. The summed E-state index contributed by atoms with van der Waals surface area (Å²) in [5.41, 5.74) is 0.0753. The van der Waals surface area contributed by atoms with E-state index in [1.165, 1.54) is 24.3 Å². The summed E-state index contributed by atoms with van der Waals surface area (Å²) in [5, 5.41) is 9.49. The van der Waals surface area contributed by atoms with Crippen molar-refractivity contribution in [2.24, 2.45) is 0 Å². The van der Waals surface area contributed by atoms with Crippen molar-refractivity contribution in [2.75, 3.05) is 4.72 Å². The molecule has 0 radical (unpaired) electrons. The molecule has 0 aliphatic carbocycles. The van der Waals surface area contributed by atoms with Gasteiger partial charge in [0.25, 0.3) is 10.0 Å². The van der Waals surface area contributed by atoms with Crippen LogP contribution in [0, 0.1) is 5.82 Å². The molecule has 11 heteroatoms. The summed E-state index contributed by atoms with van der Waals surface area (Å²) in [7, 11) is -3.87. The molecule has 23 heavy (non-hydrogen) atoms. The smallest absolute Gasteiger partial charge is 0.252 e. The maximum absolute atomic E-state index is 13.9. The Labute approximate surface area is 148 Å². The molecule has 2 heterocycles. The Balaban J connectivity index is 1.93. The number of halogens is 3. The van der Waals surface area contributed by atoms with Crippen LogP contribution < -0.4 is 4.72 Å². The predicted molar refractivity (Wildman–Crippen MR) is 90.5 cm³/mol. The molecule has 0 bridgehead atoms. The molecule has 1 N–H and O–H groups in total. The molecule has 0 spiro atoms. The third-order valence-electron chi connectivity index (χ3n) is 2.65. The second-order valence-corrected chi connectivity index (χ2v) is 8.76. The highest BCUT2D eigenvalue weighted by Crippen LogP contribution is 2.35. The van der Waals surface area contributed by atoms with Crippen molar-refractivity contribution < 1.29 is 12.8 Å². The summed E-state index contributed by atoms with van der Waals surface area (Å²) in [5.74, 6) is -0.565. The van der Waals surface area contributed by atoms with Gasteiger partial charge in [-0.3, -0.25) is 4.72 Å². The monoisotopic (exact) mass is 409 g/mol. The normalized spacial score (nSPS) is 11.6. The van der Waals surface area contributed by atoms with E-state index in [-0.39, 0.29) is 30.0 Å². The van der Waals surface area contributed by atoms with Gasteiger partial charge in [-0.1, -0.05) is 40.6 Å². The summed E-state index contributed by atoms with van der Waals surface area (Å²) in [6.07, 6.45) is 0. The average molecular weight is 410 g/mol. The van der Waals surface area contributed by atoms with E-state index in [4.69, 9.17) is 23.2 Å². The Bertz CT molecular complexity index is 951. The van der Waals surface area contributed by atoms with Crippen LogP contribution >= 0.6 is 45.9 Å². The van der Waals surface area contributed by atoms with Gasteiger partial charge in [-0.05, 0) is 23.6 Å². The topological polar surface area (TPSA) is 72.0 Å². The molecular weight excluding hydrogens is 404 g/mol. The van der Waals surface area contributed by atoms with Crippen molar-refractivity contribution in [3.8, 4) is 10.6 Å². The molecule has 2 aromatic heterocycles. The van der Waals surface area contributed by atoms with Gasteiger partial charge in [0.1, 0.15) is 5.82 Å². The van der Waals surface area contributed by atoms with Crippen molar-refractivity contribution in [1.29, 1.82) is 0 Å². The van der Waals surface area contributed by atoms with Crippen LogP contribution in [0.2, 0.25) is 10.0 Å². The highest BCUT2D eigenvalue weighted by molar-refractivity contribution is 7.95.